The molecular formula is C28H30N4O5S. The van der Waals surface area contributed by atoms with Crippen molar-refractivity contribution >= 4 is 21.6 Å². The van der Waals surface area contributed by atoms with E-state index in [2.05, 4.69) is 10.1 Å². The summed E-state index contributed by atoms with van der Waals surface area (Å²) in [4.78, 5) is 18.9. The summed E-state index contributed by atoms with van der Waals surface area (Å²) >= 11 is 0. The molecule has 0 saturated carbocycles. The predicted molar refractivity (Wildman–Crippen MR) is 145 cm³/mol. The second-order valence-electron chi connectivity index (χ2n) is 9.16. The number of rotatable bonds is 9. The van der Waals surface area contributed by atoms with Gasteiger partial charge in [0.25, 0.3) is 5.91 Å². The van der Waals surface area contributed by atoms with Crippen LogP contribution in [0.2, 0.25) is 0 Å². The van der Waals surface area contributed by atoms with Crippen molar-refractivity contribution in [3.05, 3.63) is 94.9 Å². The van der Waals surface area contributed by atoms with Crippen LogP contribution in [0.25, 0.3) is 11.4 Å². The third kappa shape index (κ3) is 6.20. The van der Waals surface area contributed by atoms with Crippen LogP contribution in [0, 0.1) is 13.8 Å². The van der Waals surface area contributed by atoms with E-state index in [0.717, 1.165) is 28.0 Å². The number of anilines is 1. The number of sulfonamides is 1. The van der Waals surface area contributed by atoms with E-state index in [1.807, 2.05) is 56.3 Å². The van der Waals surface area contributed by atoms with E-state index in [-0.39, 0.29) is 19.0 Å². The van der Waals surface area contributed by atoms with Gasteiger partial charge in [-0.1, -0.05) is 29.4 Å². The van der Waals surface area contributed by atoms with Crippen LogP contribution in [0.5, 0.6) is 5.75 Å². The summed E-state index contributed by atoms with van der Waals surface area (Å²) in [5.41, 5.74) is 4.47. The van der Waals surface area contributed by atoms with Gasteiger partial charge < -0.3 is 14.2 Å². The monoisotopic (exact) mass is 534 g/mol. The zero-order chi connectivity index (χ0) is 27.4. The third-order valence-corrected chi connectivity index (χ3v) is 7.22. The van der Waals surface area contributed by atoms with E-state index < -0.39 is 10.0 Å². The van der Waals surface area contributed by atoms with Crippen LogP contribution in [0.4, 0.5) is 5.69 Å². The van der Waals surface area contributed by atoms with Crippen LogP contribution in [0.3, 0.4) is 0 Å². The molecule has 0 radical (unpaired) electrons. The molecular weight excluding hydrogens is 504 g/mol. The molecule has 4 aromatic rings. The van der Waals surface area contributed by atoms with Crippen LogP contribution in [0.15, 0.2) is 71.3 Å². The Kier molecular flexibility index (Phi) is 7.82. The maximum absolute atomic E-state index is 13.0. The molecule has 0 unspecified atom stereocenters. The smallest absolute Gasteiger partial charge is 0.254 e. The lowest BCUT2D eigenvalue weighted by Gasteiger charge is -2.25. The molecule has 1 heterocycles. The van der Waals surface area contributed by atoms with Crippen LogP contribution >= 0.6 is 0 Å². The molecule has 4 rings (SSSR count). The molecule has 3 aromatic carbocycles. The average Bonchev–Trinajstić information content (AvgIpc) is 3.36. The summed E-state index contributed by atoms with van der Waals surface area (Å²) in [5.74, 6) is 1.23. The summed E-state index contributed by atoms with van der Waals surface area (Å²) in [6.45, 7) is 4.10. The molecule has 0 aliphatic carbocycles. The van der Waals surface area contributed by atoms with Gasteiger partial charge in [0, 0.05) is 18.2 Å². The molecule has 9 nitrogen and oxygen atoms in total. The quantitative estimate of drug-likeness (QED) is 0.309. The van der Waals surface area contributed by atoms with Gasteiger partial charge in [0.15, 0.2) is 0 Å². The van der Waals surface area contributed by atoms with Crippen molar-refractivity contribution in [1.29, 1.82) is 0 Å². The minimum absolute atomic E-state index is 0.137. The van der Waals surface area contributed by atoms with Crippen molar-refractivity contribution in [3.63, 3.8) is 0 Å². The van der Waals surface area contributed by atoms with Gasteiger partial charge in [-0.2, -0.15) is 4.98 Å². The van der Waals surface area contributed by atoms with Crippen molar-refractivity contribution in [1.82, 2.24) is 15.0 Å². The standard InChI is InChI=1S/C28H30N4O5S/c1-19-6-7-20(2)25(16-19)32(38(5,34)35)17-21-8-10-23(11-9-21)28(33)31(3)18-26-29-27(30-37-26)22-12-14-24(36-4)15-13-22/h6-16H,17-18H2,1-5H3. The average molecular weight is 535 g/mol. The Morgan fingerprint density at radius 2 is 1.66 bits per heavy atom. The second kappa shape index (κ2) is 11.1. The number of benzene rings is 3. The van der Waals surface area contributed by atoms with Crippen molar-refractivity contribution in [2.45, 2.75) is 26.9 Å². The first kappa shape index (κ1) is 26.9. The van der Waals surface area contributed by atoms with Crippen LogP contribution in [-0.4, -0.2) is 49.8 Å². The Bertz CT molecular complexity index is 1530. The SMILES string of the molecule is COc1ccc(-c2noc(CN(C)C(=O)c3ccc(CN(c4cc(C)ccc4C)S(C)(=O)=O)cc3)n2)cc1. The van der Waals surface area contributed by atoms with E-state index in [4.69, 9.17) is 9.26 Å². The van der Waals surface area contributed by atoms with Gasteiger partial charge in [0.1, 0.15) is 5.75 Å². The molecule has 0 saturated heterocycles. The maximum atomic E-state index is 13.0. The summed E-state index contributed by atoms with van der Waals surface area (Å²) in [6.07, 6.45) is 1.19. The minimum Gasteiger partial charge on any atom is -0.497 e. The zero-order valence-electron chi connectivity index (χ0n) is 22.0. The van der Waals surface area contributed by atoms with Crippen LogP contribution < -0.4 is 9.04 Å². The molecule has 0 fully saturated rings. The third-order valence-electron chi connectivity index (χ3n) is 6.10. The fourth-order valence-electron chi connectivity index (χ4n) is 3.96. The highest BCUT2D eigenvalue weighted by molar-refractivity contribution is 7.92. The molecule has 0 aliphatic rings. The highest BCUT2D eigenvalue weighted by Crippen LogP contribution is 2.26. The zero-order valence-corrected chi connectivity index (χ0v) is 22.8. The van der Waals surface area contributed by atoms with Crippen molar-refractivity contribution < 1.29 is 22.5 Å². The van der Waals surface area contributed by atoms with Gasteiger partial charge in [-0.25, -0.2) is 8.42 Å². The maximum Gasteiger partial charge on any atom is 0.254 e. The number of carbonyl (C=O) groups is 1. The van der Waals surface area contributed by atoms with Gasteiger partial charge in [-0.05, 0) is 73.0 Å². The Hall–Kier alpha value is -4.18. The lowest BCUT2D eigenvalue weighted by Crippen LogP contribution is -2.30. The Labute approximate surface area is 222 Å². The van der Waals surface area contributed by atoms with E-state index >= 15 is 0 Å². The Morgan fingerprint density at radius 1 is 0.974 bits per heavy atom. The topological polar surface area (TPSA) is 106 Å². The fourth-order valence-corrected chi connectivity index (χ4v) is 4.90. The van der Waals surface area contributed by atoms with Crippen molar-refractivity contribution in [2.75, 3.05) is 24.7 Å². The predicted octanol–water partition coefficient (Wildman–Crippen LogP) is 4.60. The molecule has 1 amide bonds. The molecule has 198 valence electrons. The number of methoxy groups -OCH3 is 1. The van der Waals surface area contributed by atoms with E-state index in [0.29, 0.717) is 23.0 Å². The van der Waals surface area contributed by atoms with Crippen LogP contribution in [-0.2, 0) is 23.1 Å². The second-order valence-corrected chi connectivity index (χ2v) is 11.1. The molecule has 0 aliphatic heterocycles. The number of nitrogens with zero attached hydrogens (tertiary/aromatic N) is 4. The van der Waals surface area contributed by atoms with Gasteiger partial charge in [0.05, 0.1) is 32.1 Å². The largest absolute Gasteiger partial charge is 0.497 e. The number of aryl methyl sites for hydroxylation is 2. The highest BCUT2D eigenvalue weighted by atomic mass is 32.2. The first-order chi connectivity index (χ1) is 18.0. The Balaban J connectivity index is 1.44. The molecule has 0 N–H and O–H groups in total. The summed E-state index contributed by atoms with van der Waals surface area (Å²) in [5, 5.41) is 4.00. The van der Waals surface area contributed by atoms with Gasteiger partial charge >= 0.3 is 0 Å². The number of hydrogen-bond donors (Lipinski definition) is 0. The number of hydrogen-bond acceptors (Lipinski definition) is 7. The summed E-state index contributed by atoms with van der Waals surface area (Å²) in [6, 6.07) is 19.9. The van der Waals surface area contributed by atoms with Crippen LogP contribution in [0.1, 0.15) is 32.9 Å². The molecule has 38 heavy (non-hydrogen) atoms. The first-order valence-electron chi connectivity index (χ1n) is 11.9. The Morgan fingerprint density at radius 3 is 2.29 bits per heavy atom. The normalized spacial score (nSPS) is 11.3. The number of amides is 1. The molecule has 10 heteroatoms. The molecule has 1 aromatic heterocycles. The number of carbonyl (C=O) groups excluding carboxylic acids is 1. The summed E-state index contributed by atoms with van der Waals surface area (Å²) < 4.78 is 37.1. The van der Waals surface area contributed by atoms with E-state index in [9.17, 15) is 13.2 Å². The van der Waals surface area contributed by atoms with E-state index in [1.54, 1.807) is 38.4 Å². The molecule has 0 bridgehead atoms. The lowest BCUT2D eigenvalue weighted by atomic mass is 10.1. The molecule has 0 spiro atoms. The van der Waals surface area contributed by atoms with Gasteiger partial charge in [-0.15, -0.1) is 0 Å². The lowest BCUT2D eigenvalue weighted by molar-refractivity contribution is 0.0769. The van der Waals surface area contributed by atoms with Gasteiger partial charge in [-0.3, -0.25) is 9.10 Å². The fraction of sp³-hybridized carbons (Fsp3) is 0.250. The number of aromatic nitrogens is 2. The van der Waals surface area contributed by atoms with Crippen molar-refractivity contribution in [3.8, 4) is 17.1 Å². The number of ether oxygens (including phenoxy) is 1. The minimum atomic E-state index is -3.52. The van der Waals surface area contributed by atoms with Crippen molar-refractivity contribution in [2.24, 2.45) is 0 Å². The first-order valence-corrected chi connectivity index (χ1v) is 13.8. The molecule has 0 atom stereocenters. The van der Waals surface area contributed by atoms with Gasteiger partial charge in [0.2, 0.25) is 21.7 Å². The van der Waals surface area contributed by atoms with E-state index in [1.165, 1.54) is 15.5 Å². The summed E-state index contributed by atoms with van der Waals surface area (Å²) in [7, 11) is -0.275. The highest BCUT2D eigenvalue weighted by Gasteiger charge is 2.21.